The predicted molar refractivity (Wildman–Crippen MR) is 73.7 cm³/mol. The molecule has 0 amide bonds. The van der Waals surface area contributed by atoms with Crippen LogP contribution in [-0.4, -0.2) is 17.2 Å². The summed E-state index contributed by atoms with van der Waals surface area (Å²) in [6.07, 6.45) is 2.83. The van der Waals surface area contributed by atoms with E-state index in [1.54, 1.807) is 30.3 Å². The molecule has 0 aliphatic carbocycles. The Morgan fingerprint density at radius 2 is 2.00 bits per heavy atom. The standard InChI is InChI=1S/C13H8Cl2N2O2/c14-11-6-2-1-4-9(11)8-17-19-13(18)10-5-3-7-16-12(10)15/h1-8H. The van der Waals surface area contributed by atoms with Crippen LogP contribution in [0.1, 0.15) is 15.9 Å². The fraction of sp³-hybridized carbons (Fsp3) is 0. The maximum atomic E-state index is 11.6. The Morgan fingerprint density at radius 3 is 2.74 bits per heavy atom. The lowest BCUT2D eigenvalue weighted by Crippen LogP contribution is -2.02. The van der Waals surface area contributed by atoms with E-state index >= 15 is 0 Å². The summed E-state index contributed by atoms with van der Waals surface area (Å²) in [5, 5.41) is 4.16. The van der Waals surface area contributed by atoms with E-state index in [0.29, 0.717) is 10.6 Å². The first-order valence-corrected chi connectivity index (χ1v) is 6.04. The molecule has 0 fully saturated rings. The fourth-order valence-corrected chi connectivity index (χ4v) is 1.68. The van der Waals surface area contributed by atoms with Gasteiger partial charge in [-0.1, -0.05) is 46.6 Å². The third-order valence-corrected chi connectivity index (χ3v) is 2.86. The number of hydrogen-bond acceptors (Lipinski definition) is 4. The number of carbonyl (C=O) groups is 1. The van der Waals surface area contributed by atoms with Gasteiger partial charge in [-0.3, -0.25) is 0 Å². The summed E-state index contributed by atoms with van der Waals surface area (Å²) in [6.45, 7) is 0. The summed E-state index contributed by atoms with van der Waals surface area (Å²) in [4.78, 5) is 20.1. The molecule has 0 bridgehead atoms. The lowest BCUT2D eigenvalue weighted by atomic mass is 10.2. The largest absolute Gasteiger partial charge is 0.368 e. The maximum absolute atomic E-state index is 11.6. The molecule has 0 saturated carbocycles. The number of carbonyl (C=O) groups excluding carboxylic acids is 1. The van der Waals surface area contributed by atoms with E-state index in [1.807, 2.05) is 0 Å². The Kier molecular flexibility index (Phi) is 4.49. The molecule has 0 atom stereocenters. The van der Waals surface area contributed by atoms with Gasteiger partial charge in [0.25, 0.3) is 0 Å². The van der Waals surface area contributed by atoms with Crippen molar-refractivity contribution in [1.29, 1.82) is 0 Å². The minimum absolute atomic E-state index is 0.0699. The maximum Gasteiger partial charge on any atom is 0.368 e. The van der Waals surface area contributed by atoms with Crippen LogP contribution < -0.4 is 0 Å². The predicted octanol–water partition coefficient (Wildman–Crippen LogP) is 3.58. The van der Waals surface area contributed by atoms with Gasteiger partial charge in [0, 0.05) is 16.8 Å². The summed E-state index contributed by atoms with van der Waals surface area (Å²) in [5.41, 5.74) is 0.801. The molecule has 1 heterocycles. The van der Waals surface area contributed by atoms with Crippen LogP contribution in [0, 0.1) is 0 Å². The van der Waals surface area contributed by atoms with Gasteiger partial charge >= 0.3 is 5.97 Å². The minimum atomic E-state index is -0.679. The molecular formula is C13H8Cl2N2O2. The highest BCUT2D eigenvalue weighted by molar-refractivity contribution is 6.33. The van der Waals surface area contributed by atoms with Crippen molar-refractivity contribution in [1.82, 2.24) is 4.98 Å². The van der Waals surface area contributed by atoms with Gasteiger partial charge in [-0.05, 0) is 18.2 Å². The first kappa shape index (κ1) is 13.5. The molecule has 2 rings (SSSR count). The van der Waals surface area contributed by atoms with E-state index in [2.05, 4.69) is 10.1 Å². The Hall–Kier alpha value is -1.91. The second-order valence-electron chi connectivity index (χ2n) is 3.48. The van der Waals surface area contributed by atoms with Gasteiger partial charge in [-0.15, -0.1) is 0 Å². The number of rotatable bonds is 3. The molecular weight excluding hydrogens is 287 g/mol. The average molecular weight is 295 g/mol. The zero-order valence-electron chi connectivity index (χ0n) is 9.59. The highest BCUT2D eigenvalue weighted by Crippen LogP contribution is 2.14. The molecule has 19 heavy (non-hydrogen) atoms. The van der Waals surface area contributed by atoms with Crippen molar-refractivity contribution in [2.24, 2.45) is 5.16 Å². The first-order valence-electron chi connectivity index (χ1n) is 5.28. The summed E-state index contributed by atoms with van der Waals surface area (Å²) >= 11 is 11.7. The van der Waals surface area contributed by atoms with Crippen molar-refractivity contribution in [3.8, 4) is 0 Å². The van der Waals surface area contributed by atoms with Gasteiger partial charge in [0.05, 0.1) is 11.8 Å². The highest BCUT2D eigenvalue weighted by Gasteiger charge is 2.11. The van der Waals surface area contributed by atoms with Gasteiger partial charge in [0.1, 0.15) is 5.15 Å². The number of nitrogens with zero attached hydrogens (tertiary/aromatic N) is 2. The molecule has 1 aromatic heterocycles. The first-order chi connectivity index (χ1) is 9.18. The van der Waals surface area contributed by atoms with Gasteiger partial charge in [0.2, 0.25) is 0 Å². The lowest BCUT2D eigenvalue weighted by Gasteiger charge is -1.99. The number of oxime groups is 1. The molecule has 96 valence electrons. The van der Waals surface area contributed by atoms with E-state index < -0.39 is 5.97 Å². The number of benzene rings is 1. The molecule has 0 saturated heterocycles. The van der Waals surface area contributed by atoms with Crippen molar-refractivity contribution in [3.63, 3.8) is 0 Å². The smallest absolute Gasteiger partial charge is 0.313 e. The molecule has 1 aromatic carbocycles. The van der Waals surface area contributed by atoms with Crippen molar-refractivity contribution in [2.75, 3.05) is 0 Å². The van der Waals surface area contributed by atoms with Crippen LogP contribution in [0.15, 0.2) is 47.8 Å². The lowest BCUT2D eigenvalue weighted by molar-refractivity contribution is 0.0519. The Bertz CT molecular complexity index is 630. The number of aromatic nitrogens is 1. The van der Waals surface area contributed by atoms with E-state index in [-0.39, 0.29) is 10.7 Å². The van der Waals surface area contributed by atoms with E-state index in [9.17, 15) is 4.79 Å². The number of hydrogen-bond donors (Lipinski definition) is 0. The highest BCUT2D eigenvalue weighted by atomic mass is 35.5. The monoisotopic (exact) mass is 294 g/mol. The van der Waals surface area contributed by atoms with Crippen molar-refractivity contribution in [3.05, 3.63) is 63.9 Å². The average Bonchev–Trinajstić information content (AvgIpc) is 2.41. The minimum Gasteiger partial charge on any atom is -0.313 e. The molecule has 0 N–H and O–H groups in total. The van der Waals surface area contributed by atoms with Crippen LogP contribution in [0.5, 0.6) is 0 Å². The Balaban J connectivity index is 2.06. The van der Waals surface area contributed by atoms with Gasteiger partial charge in [0.15, 0.2) is 0 Å². The molecule has 0 aliphatic rings. The summed E-state index contributed by atoms with van der Waals surface area (Å²) < 4.78 is 0. The molecule has 4 nitrogen and oxygen atoms in total. The van der Waals surface area contributed by atoms with E-state index in [4.69, 9.17) is 28.0 Å². The van der Waals surface area contributed by atoms with Crippen LogP contribution >= 0.6 is 23.2 Å². The molecule has 0 spiro atoms. The molecule has 6 heteroatoms. The molecule has 2 aromatic rings. The topological polar surface area (TPSA) is 51.5 Å². The van der Waals surface area contributed by atoms with Crippen LogP contribution in [0.4, 0.5) is 0 Å². The molecule has 0 unspecified atom stereocenters. The van der Waals surface area contributed by atoms with Gasteiger partial charge in [-0.25, -0.2) is 9.78 Å². The van der Waals surface area contributed by atoms with Crippen LogP contribution in [0.25, 0.3) is 0 Å². The normalized spacial score (nSPS) is 10.6. The van der Waals surface area contributed by atoms with Crippen LogP contribution in [0.3, 0.4) is 0 Å². The molecule has 0 radical (unpaired) electrons. The Labute approximate surface area is 119 Å². The summed E-state index contributed by atoms with van der Waals surface area (Å²) in [6, 6.07) is 10.1. The Morgan fingerprint density at radius 1 is 1.21 bits per heavy atom. The SMILES string of the molecule is O=C(ON=Cc1ccccc1Cl)c1cccnc1Cl. The quantitative estimate of drug-likeness (QED) is 0.376. The fourth-order valence-electron chi connectivity index (χ4n) is 1.30. The molecule has 0 aliphatic heterocycles. The second-order valence-corrected chi connectivity index (χ2v) is 4.24. The summed E-state index contributed by atoms with van der Waals surface area (Å²) in [7, 11) is 0. The summed E-state index contributed by atoms with van der Waals surface area (Å²) in [5.74, 6) is -0.679. The van der Waals surface area contributed by atoms with Gasteiger partial charge < -0.3 is 4.84 Å². The van der Waals surface area contributed by atoms with Gasteiger partial charge in [-0.2, -0.15) is 0 Å². The third-order valence-electron chi connectivity index (χ3n) is 2.21. The van der Waals surface area contributed by atoms with Crippen molar-refractivity contribution in [2.45, 2.75) is 0 Å². The van der Waals surface area contributed by atoms with E-state index in [1.165, 1.54) is 18.5 Å². The third kappa shape index (κ3) is 3.53. The number of pyridine rings is 1. The van der Waals surface area contributed by atoms with E-state index in [0.717, 1.165) is 0 Å². The second kappa shape index (κ2) is 6.31. The van der Waals surface area contributed by atoms with Crippen molar-refractivity contribution >= 4 is 35.4 Å². The van der Waals surface area contributed by atoms with Crippen LogP contribution in [-0.2, 0) is 4.84 Å². The van der Waals surface area contributed by atoms with Crippen LogP contribution in [0.2, 0.25) is 10.2 Å². The number of halogens is 2. The zero-order chi connectivity index (χ0) is 13.7. The van der Waals surface area contributed by atoms with Crippen molar-refractivity contribution < 1.29 is 9.63 Å². The zero-order valence-corrected chi connectivity index (χ0v) is 11.1.